The zero-order valence-corrected chi connectivity index (χ0v) is 16.7. The van der Waals surface area contributed by atoms with Gasteiger partial charge in [0, 0.05) is 37.3 Å². The molecule has 0 aliphatic carbocycles. The standard InChI is InChI=1S/C22H30N2O3/c1-15(2)17(4)23-21(25)22(9-11-26-12-10-22)14-18-13-20(24-27-18)19-8-6-5-7-16(19)3/h5-8,13,15,17H,9-12,14H2,1-4H3,(H,23,25). The molecule has 1 N–H and O–H groups in total. The Kier molecular flexibility index (Phi) is 6.00. The molecule has 146 valence electrons. The molecule has 1 aliphatic heterocycles. The molecule has 1 aromatic heterocycles. The zero-order valence-electron chi connectivity index (χ0n) is 16.7. The molecule has 3 rings (SSSR count). The Morgan fingerprint density at radius 2 is 1.93 bits per heavy atom. The maximum atomic E-state index is 13.1. The molecule has 1 fully saturated rings. The topological polar surface area (TPSA) is 64.4 Å². The highest BCUT2D eigenvalue weighted by Crippen LogP contribution is 2.36. The molecule has 1 aromatic carbocycles. The van der Waals surface area contributed by atoms with Crippen LogP contribution in [0.5, 0.6) is 0 Å². The second-order valence-electron chi connectivity index (χ2n) is 8.07. The molecule has 5 nitrogen and oxygen atoms in total. The minimum atomic E-state index is -0.496. The highest BCUT2D eigenvalue weighted by atomic mass is 16.5. The van der Waals surface area contributed by atoms with Crippen molar-refractivity contribution in [2.45, 2.75) is 53.0 Å². The number of hydrogen-bond donors (Lipinski definition) is 1. The van der Waals surface area contributed by atoms with Crippen LogP contribution >= 0.6 is 0 Å². The molecule has 2 aromatic rings. The van der Waals surface area contributed by atoms with E-state index in [2.05, 4.69) is 44.2 Å². The molecule has 1 amide bonds. The quantitative estimate of drug-likeness (QED) is 0.830. The lowest BCUT2D eigenvalue weighted by Gasteiger charge is -2.36. The normalized spacial score (nSPS) is 17.7. The lowest BCUT2D eigenvalue weighted by molar-refractivity contribution is -0.138. The van der Waals surface area contributed by atoms with Gasteiger partial charge in [0.1, 0.15) is 11.5 Å². The fraction of sp³-hybridized carbons (Fsp3) is 0.545. The van der Waals surface area contributed by atoms with E-state index in [0.717, 1.165) is 22.6 Å². The Morgan fingerprint density at radius 3 is 2.59 bits per heavy atom. The van der Waals surface area contributed by atoms with Crippen molar-refractivity contribution in [1.29, 1.82) is 0 Å². The molecule has 0 spiro atoms. The van der Waals surface area contributed by atoms with Gasteiger partial charge < -0.3 is 14.6 Å². The number of nitrogens with zero attached hydrogens (tertiary/aromatic N) is 1. The number of nitrogens with one attached hydrogen (secondary N) is 1. The first-order valence-corrected chi connectivity index (χ1v) is 9.81. The molecule has 0 radical (unpaired) electrons. The summed E-state index contributed by atoms with van der Waals surface area (Å²) in [6, 6.07) is 10.2. The third-order valence-electron chi connectivity index (χ3n) is 5.78. The fourth-order valence-electron chi connectivity index (χ4n) is 3.49. The molecular formula is C22H30N2O3. The van der Waals surface area contributed by atoms with E-state index >= 15 is 0 Å². The van der Waals surface area contributed by atoms with Crippen molar-refractivity contribution in [3.05, 3.63) is 41.7 Å². The number of aromatic nitrogens is 1. The summed E-state index contributed by atoms with van der Waals surface area (Å²) in [5, 5.41) is 7.46. The Balaban J connectivity index is 1.81. The Hall–Kier alpha value is -2.14. The Labute approximate surface area is 161 Å². The molecule has 5 heteroatoms. The highest BCUT2D eigenvalue weighted by Gasteiger charge is 2.41. The van der Waals surface area contributed by atoms with Crippen LogP contribution in [0.4, 0.5) is 0 Å². The number of rotatable bonds is 6. The van der Waals surface area contributed by atoms with E-state index in [1.807, 2.05) is 24.3 Å². The summed E-state index contributed by atoms with van der Waals surface area (Å²) >= 11 is 0. The lowest BCUT2D eigenvalue weighted by Crippen LogP contribution is -2.49. The monoisotopic (exact) mass is 370 g/mol. The molecule has 27 heavy (non-hydrogen) atoms. The first kappa shape index (κ1) is 19.6. The van der Waals surface area contributed by atoms with Gasteiger partial charge in [-0.15, -0.1) is 0 Å². The summed E-state index contributed by atoms with van der Waals surface area (Å²) in [5.41, 5.74) is 2.54. The maximum absolute atomic E-state index is 13.1. The van der Waals surface area contributed by atoms with Gasteiger partial charge in [-0.1, -0.05) is 43.3 Å². The second-order valence-corrected chi connectivity index (χ2v) is 8.07. The van der Waals surface area contributed by atoms with Gasteiger partial charge in [0.2, 0.25) is 5.91 Å². The van der Waals surface area contributed by atoms with Crippen molar-refractivity contribution in [2.24, 2.45) is 11.3 Å². The second kappa shape index (κ2) is 8.26. The molecular weight excluding hydrogens is 340 g/mol. The van der Waals surface area contributed by atoms with Gasteiger partial charge in [0.05, 0.1) is 5.41 Å². The van der Waals surface area contributed by atoms with Crippen molar-refractivity contribution < 1.29 is 14.1 Å². The predicted octanol–water partition coefficient (Wildman–Crippen LogP) is 4.15. The van der Waals surface area contributed by atoms with Crippen LogP contribution in [0, 0.1) is 18.3 Å². The van der Waals surface area contributed by atoms with Crippen molar-refractivity contribution in [3.63, 3.8) is 0 Å². The minimum absolute atomic E-state index is 0.0980. The van der Waals surface area contributed by atoms with Crippen molar-refractivity contribution in [1.82, 2.24) is 10.5 Å². The van der Waals surface area contributed by atoms with Crippen molar-refractivity contribution in [2.75, 3.05) is 13.2 Å². The molecule has 1 aliphatic rings. The van der Waals surface area contributed by atoms with Crippen molar-refractivity contribution >= 4 is 5.91 Å². The van der Waals surface area contributed by atoms with Gasteiger partial charge in [0.15, 0.2) is 0 Å². The Bertz CT molecular complexity index is 775. The van der Waals surface area contributed by atoms with Gasteiger partial charge in [-0.25, -0.2) is 0 Å². The summed E-state index contributed by atoms with van der Waals surface area (Å²) in [5.74, 6) is 1.24. The first-order valence-electron chi connectivity index (χ1n) is 9.81. The number of ether oxygens (including phenoxy) is 1. The smallest absolute Gasteiger partial charge is 0.227 e. The highest BCUT2D eigenvalue weighted by molar-refractivity contribution is 5.83. The van der Waals surface area contributed by atoms with E-state index in [1.54, 1.807) is 0 Å². The number of benzene rings is 1. The number of carbonyl (C=O) groups excluding carboxylic acids is 1. The third-order valence-corrected chi connectivity index (χ3v) is 5.78. The summed E-state index contributed by atoms with van der Waals surface area (Å²) in [6.45, 7) is 9.55. The molecule has 0 saturated carbocycles. The lowest BCUT2D eigenvalue weighted by atomic mass is 9.75. The van der Waals surface area contributed by atoms with Gasteiger partial charge in [-0.3, -0.25) is 4.79 Å². The fourth-order valence-corrected chi connectivity index (χ4v) is 3.49. The number of hydrogen-bond acceptors (Lipinski definition) is 4. The van der Waals surface area contributed by atoms with E-state index in [9.17, 15) is 4.79 Å². The molecule has 1 unspecified atom stereocenters. The first-order chi connectivity index (χ1) is 12.9. The number of carbonyl (C=O) groups is 1. The molecule has 1 atom stereocenters. The summed E-state index contributed by atoms with van der Waals surface area (Å²) in [7, 11) is 0. The van der Waals surface area contributed by atoms with E-state index < -0.39 is 5.41 Å². The molecule has 2 heterocycles. The van der Waals surface area contributed by atoms with Crippen LogP contribution in [-0.4, -0.2) is 30.3 Å². The van der Waals surface area contributed by atoms with Crippen LogP contribution in [0.1, 0.15) is 44.9 Å². The van der Waals surface area contributed by atoms with Crippen LogP contribution in [0.2, 0.25) is 0 Å². The van der Waals surface area contributed by atoms with Gasteiger partial charge in [-0.05, 0) is 38.2 Å². The van der Waals surface area contributed by atoms with Crippen molar-refractivity contribution in [3.8, 4) is 11.3 Å². The molecule has 0 bridgehead atoms. The SMILES string of the molecule is Cc1ccccc1-c1cc(CC2(C(=O)NC(C)C(C)C)CCOCC2)on1. The average molecular weight is 370 g/mol. The van der Waals surface area contributed by atoms with Gasteiger partial charge >= 0.3 is 0 Å². The summed E-state index contributed by atoms with van der Waals surface area (Å²) in [6.07, 6.45) is 1.94. The van der Waals surface area contributed by atoms with Crippen LogP contribution in [0.15, 0.2) is 34.9 Å². The van der Waals surface area contributed by atoms with Gasteiger partial charge in [0.25, 0.3) is 0 Å². The van der Waals surface area contributed by atoms with Crippen LogP contribution < -0.4 is 5.32 Å². The number of aryl methyl sites for hydroxylation is 1. The summed E-state index contributed by atoms with van der Waals surface area (Å²) in [4.78, 5) is 13.1. The minimum Gasteiger partial charge on any atom is -0.381 e. The van der Waals surface area contributed by atoms with Gasteiger partial charge in [-0.2, -0.15) is 0 Å². The van der Waals surface area contributed by atoms with Crippen LogP contribution in [-0.2, 0) is 16.0 Å². The largest absolute Gasteiger partial charge is 0.381 e. The van der Waals surface area contributed by atoms with Crippen LogP contribution in [0.25, 0.3) is 11.3 Å². The maximum Gasteiger partial charge on any atom is 0.227 e. The van der Waals surface area contributed by atoms with E-state index in [-0.39, 0.29) is 11.9 Å². The molecule has 1 saturated heterocycles. The van der Waals surface area contributed by atoms with E-state index in [0.29, 0.717) is 38.4 Å². The predicted molar refractivity (Wildman–Crippen MR) is 105 cm³/mol. The zero-order chi connectivity index (χ0) is 19.4. The van der Waals surface area contributed by atoms with E-state index in [1.165, 1.54) is 0 Å². The van der Waals surface area contributed by atoms with E-state index in [4.69, 9.17) is 9.26 Å². The average Bonchev–Trinajstić information content (AvgIpc) is 3.10. The van der Waals surface area contributed by atoms with Crippen LogP contribution in [0.3, 0.4) is 0 Å². The summed E-state index contributed by atoms with van der Waals surface area (Å²) < 4.78 is 11.2. The Morgan fingerprint density at radius 1 is 1.22 bits per heavy atom. The third kappa shape index (κ3) is 4.41. The number of amides is 1.